The Balaban J connectivity index is 2.25. The number of carbonyl (C=O) groups excluding carboxylic acids is 1. The number of unbranched alkanes of at least 4 members (excludes halogenated alkanes) is 1. The average molecular weight is 298 g/mol. The van der Waals surface area contributed by atoms with Gasteiger partial charge in [0.2, 0.25) is 0 Å². The van der Waals surface area contributed by atoms with Crippen molar-refractivity contribution in [1.82, 2.24) is 4.90 Å². The predicted octanol–water partition coefficient (Wildman–Crippen LogP) is 2.95. The summed E-state index contributed by atoms with van der Waals surface area (Å²) >= 11 is 0. The van der Waals surface area contributed by atoms with Crippen LogP contribution in [0.25, 0.3) is 0 Å². The standard InChI is InChI=1S/C17H34N2O2/c1-5-17(6-2)11-13-19(14-17)12-9-8-10-16(4,18)15(20)21-7-3/h5-14,18H2,1-4H3. The first-order valence-corrected chi connectivity index (χ1v) is 8.57. The van der Waals surface area contributed by atoms with Gasteiger partial charge in [-0.2, -0.15) is 0 Å². The number of nitrogens with two attached hydrogens (primary N) is 1. The fourth-order valence-electron chi connectivity index (χ4n) is 3.27. The van der Waals surface area contributed by atoms with Crippen LogP contribution in [0.3, 0.4) is 0 Å². The summed E-state index contributed by atoms with van der Waals surface area (Å²) in [5, 5.41) is 0. The van der Waals surface area contributed by atoms with Gasteiger partial charge in [-0.15, -0.1) is 0 Å². The first-order valence-electron chi connectivity index (χ1n) is 8.57. The Kier molecular flexibility index (Phi) is 7.14. The first kappa shape index (κ1) is 18.4. The highest BCUT2D eigenvalue weighted by Gasteiger charge is 2.34. The van der Waals surface area contributed by atoms with Gasteiger partial charge >= 0.3 is 5.97 Å². The second kappa shape index (κ2) is 8.14. The number of hydrogen-bond acceptors (Lipinski definition) is 4. The van der Waals surface area contributed by atoms with Gasteiger partial charge in [0.1, 0.15) is 5.54 Å². The molecule has 0 spiro atoms. The van der Waals surface area contributed by atoms with E-state index >= 15 is 0 Å². The molecule has 0 aliphatic carbocycles. The third-order valence-electron chi connectivity index (χ3n) is 5.18. The van der Waals surface area contributed by atoms with E-state index in [0.29, 0.717) is 18.4 Å². The molecule has 1 unspecified atom stereocenters. The van der Waals surface area contributed by atoms with Crippen LogP contribution in [-0.4, -0.2) is 42.6 Å². The molecule has 0 radical (unpaired) electrons. The van der Waals surface area contributed by atoms with Crippen LogP contribution in [0.2, 0.25) is 0 Å². The molecule has 1 aliphatic heterocycles. The summed E-state index contributed by atoms with van der Waals surface area (Å²) in [4.78, 5) is 14.3. The summed E-state index contributed by atoms with van der Waals surface area (Å²) in [6, 6.07) is 0. The minimum atomic E-state index is -0.836. The van der Waals surface area contributed by atoms with Crippen LogP contribution in [0.4, 0.5) is 0 Å². The number of likely N-dealkylation sites (tertiary alicyclic amines) is 1. The van der Waals surface area contributed by atoms with Crippen LogP contribution in [0.1, 0.15) is 66.2 Å². The Morgan fingerprint density at radius 1 is 1.29 bits per heavy atom. The van der Waals surface area contributed by atoms with Gasteiger partial charge in [0, 0.05) is 6.54 Å². The fraction of sp³-hybridized carbons (Fsp3) is 0.941. The molecule has 124 valence electrons. The minimum absolute atomic E-state index is 0.276. The van der Waals surface area contributed by atoms with Crippen molar-refractivity contribution in [3.8, 4) is 0 Å². The van der Waals surface area contributed by atoms with Crippen molar-refractivity contribution in [2.75, 3.05) is 26.2 Å². The van der Waals surface area contributed by atoms with Gasteiger partial charge in [0.25, 0.3) is 0 Å². The molecule has 1 saturated heterocycles. The lowest BCUT2D eigenvalue weighted by Crippen LogP contribution is -2.46. The highest BCUT2D eigenvalue weighted by atomic mass is 16.5. The number of nitrogens with zero attached hydrogens (tertiary/aromatic N) is 1. The molecule has 1 aliphatic rings. The van der Waals surface area contributed by atoms with Crippen LogP contribution in [-0.2, 0) is 9.53 Å². The molecule has 1 fully saturated rings. The molecule has 4 heteroatoms. The summed E-state index contributed by atoms with van der Waals surface area (Å²) < 4.78 is 5.02. The highest BCUT2D eigenvalue weighted by molar-refractivity contribution is 5.79. The van der Waals surface area contributed by atoms with Crippen LogP contribution < -0.4 is 5.73 Å². The Bertz CT molecular complexity index is 325. The lowest BCUT2D eigenvalue weighted by molar-refractivity contribution is -0.149. The molecule has 1 atom stereocenters. The summed E-state index contributed by atoms with van der Waals surface area (Å²) in [7, 11) is 0. The van der Waals surface area contributed by atoms with Crippen molar-refractivity contribution in [3.63, 3.8) is 0 Å². The molecule has 2 N–H and O–H groups in total. The molecular weight excluding hydrogens is 264 g/mol. The minimum Gasteiger partial charge on any atom is -0.465 e. The maximum atomic E-state index is 11.7. The second-order valence-electron chi connectivity index (χ2n) is 6.83. The smallest absolute Gasteiger partial charge is 0.325 e. The quantitative estimate of drug-likeness (QED) is 0.525. The van der Waals surface area contributed by atoms with Gasteiger partial charge in [-0.05, 0) is 70.9 Å². The van der Waals surface area contributed by atoms with Crippen LogP contribution >= 0.6 is 0 Å². The maximum Gasteiger partial charge on any atom is 0.325 e. The van der Waals surface area contributed by atoms with Crippen LogP contribution in [0.5, 0.6) is 0 Å². The third-order valence-corrected chi connectivity index (χ3v) is 5.18. The number of rotatable bonds is 9. The van der Waals surface area contributed by atoms with E-state index in [1.54, 1.807) is 6.92 Å². The van der Waals surface area contributed by atoms with E-state index in [-0.39, 0.29) is 5.97 Å². The molecule has 21 heavy (non-hydrogen) atoms. The molecule has 1 rings (SSSR count). The van der Waals surface area contributed by atoms with Gasteiger partial charge in [0.05, 0.1) is 6.61 Å². The lowest BCUT2D eigenvalue weighted by atomic mass is 9.82. The van der Waals surface area contributed by atoms with Crippen molar-refractivity contribution in [1.29, 1.82) is 0 Å². The Labute approximate surface area is 130 Å². The van der Waals surface area contributed by atoms with Gasteiger partial charge in [-0.1, -0.05) is 13.8 Å². The van der Waals surface area contributed by atoms with E-state index < -0.39 is 5.54 Å². The molecule has 0 saturated carbocycles. The predicted molar refractivity (Wildman–Crippen MR) is 87.1 cm³/mol. The Hall–Kier alpha value is -0.610. The fourth-order valence-corrected chi connectivity index (χ4v) is 3.27. The van der Waals surface area contributed by atoms with E-state index in [2.05, 4.69) is 18.7 Å². The van der Waals surface area contributed by atoms with Crippen molar-refractivity contribution in [2.45, 2.75) is 71.8 Å². The molecule has 4 nitrogen and oxygen atoms in total. The van der Waals surface area contributed by atoms with Gasteiger partial charge in [-0.25, -0.2) is 0 Å². The third kappa shape index (κ3) is 5.26. The average Bonchev–Trinajstić information content (AvgIpc) is 2.88. The molecule has 0 amide bonds. The van der Waals surface area contributed by atoms with Crippen molar-refractivity contribution in [3.05, 3.63) is 0 Å². The highest BCUT2D eigenvalue weighted by Crippen LogP contribution is 2.36. The van der Waals surface area contributed by atoms with Crippen molar-refractivity contribution < 1.29 is 9.53 Å². The molecule has 1 heterocycles. The van der Waals surface area contributed by atoms with Crippen molar-refractivity contribution in [2.24, 2.45) is 11.1 Å². The second-order valence-corrected chi connectivity index (χ2v) is 6.83. The number of ether oxygens (including phenoxy) is 1. The van der Waals surface area contributed by atoms with E-state index in [0.717, 1.165) is 19.4 Å². The topological polar surface area (TPSA) is 55.6 Å². The van der Waals surface area contributed by atoms with Gasteiger partial charge < -0.3 is 15.4 Å². The monoisotopic (exact) mass is 298 g/mol. The summed E-state index contributed by atoms with van der Waals surface area (Å²) in [6.45, 7) is 12.2. The molecule has 0 aromatic rings. The normalized spacial score (nSPS) is 21.2. The summed E-state index contributed by atoms with van der Waals surface area (Å²) in [5.74, 6) is -0.276. The molecular formula is C17H34N2O2. The van der Waals surface area contributed by atoms with E-state index in [1.807, 2.05) is 6.92 Å². The van der Waals surface area contributed by atoms with Crippen LogP contribution in [0, 0.1) is 5.41 Å². The van der Waals surface area contributed by atoms with E-state index in [9.17, 15) is 4.79 Å². The van der Waals surface area contributed by atoms with E-state index in [1.165, 1.54) is 32.4 Å². The zero-order valence-corrected chi connectivity index (χ0v) is 14.4. The number of esters is 1. The lowest BCUT2D eigenvalue weighted by Gasteiger charge is -2.27. The molecule has 0 bridgehead atoms. The van der Waals surface area contributed by atoms with E-state index in [4.69, 9.17) is 10.5 Å². The SMILES string of the molecule is CCOC(=O)C(C)(N)CCCCN1CCC(CC)(CC)C1. The van der Waals surface area contributed by atoms with Crippen molar-refractivity contribution >= 4 is 5.97 Å². The summed E-state index contributed by atoms with van der Waals surface area (Å²) in [5.41, 5.74) is 5.75. The van der Waals surface area contributed by atoms with Gasteiger partial charge in [-0.3, -0.25) is 4.79 Å². The zero-order valence-electron chi connectivity index (χ0n) is 14.4. The van der Waals surface area contributed by atoms with Gasteiger partial charge in [0.15, 0.2) is 0 Å². The Morgan fingerprint density at radius 2 is 1.95 bits per heavy atom. The van der Waals surface area contributed by atoms with Crippen LogP contribution in [0.15, 0.2) is 0 Å². The zero-order chi connectivity index (χ0) is 15.9. The number of carbonyl (C=O) groups is 1. The molecule has 0 aromatic heterocycles. The Morgan fingerprint density at radius 3 is 2.48 bits per heavy atom. The number of hydrogen-bond donors (Lipinski definition) is 1. The molecule has 0 aromatic carbocycles. The first-order chi connectivity index (χ1) is 9.89. The maximum absolute atomic E-state index is 11.7. The summed E-state index contributed by atoms with van der Waals surface area (Å²) in [6.07, 6.45) is 6.68. The largest absolute Gasteiger partial charge is 0.465 e.